The van der Waals surface area contributed by atoms with E-state index in [4.69, 9.17) is 37.8 Å². The zero-order valence-electron chi connectivity index (χ0n) is 24.4. The second kappa shape index (κ2) is 14.9. The molecule has 5 nitrogen and oxygen atoms in total. The Morgan fingerprint density at radius 3 is 1.39 bits per heavy atom. The molecular weight excluding hydrogens is 661 g/mol. The van der Waals surface area contributed by atoms with Crippen LogP contribution in [0.2, 0.25) is 10.0 Å². The third kappa shape index (κ3) is 10.4. The molecule has 0 atom stereocenters. The van der Waals surface area contributed by atoms with Crippen LogP contribution in [0, 0.1) is 13.8 Å². The summed E-state index contributed by atoms with van der Waals surface area (Å²) in [4.78, 5) is 22.4. The number of hydrogen-bond donors (Lipinski definition) is 1. The Balaban J connectivity index is 0.000000250. The SMILES string of the molecule is CC(=O)c1cc(C)cc(COc2ccc(C(F)(F)F)cc2Cl)c1.Cc1cc(COc2ccc(C(F)(F)F)cc2Cl)cc(C(=O)O)c1. The molecule has 0 aliphatic heterocycles. The first-order valence-corrected chi connectivity index (χ1v) is 14.0. The van der Waals surface area contributed by atoms with E-state index in [1.807, 2.05) is 13.0 Å². The number of rotatable bonds is 8. The van der Waals surface area contributed by atoms with Gasteiger partial charge in [-0.25, -0.2) is 4.79 Å². The predicted molar refractivity (Wildman–Crippen MR) is 161 cm³/mol. The van der Waals surface area contributed by atoms with Gasteiger partial charge in [0.25, 0.3) is 0 Å². The first-order chi connectivity index (χ1) is 21.3. The van der Waals surface area contributed by atoms with E-state index < -0.39 is 29.4 Å². The van der Waals surface area contributed by atoms with E-state index in [0.717, 1.165) is 47.0 Å². The average Bonchev–Trinajstić information content (AvgIpc) is 2.94. The van der Waals surface area contributed by atoms with Gasteiger partial charge in [-0.1, -0.05) is 40.9 Å². The van der Waals surface area contributed by atoms with Crippen LogP contribution in [0.4, 0.5) is 26.3 Å². The van der Waals surface area contributed by atoms with Crippen LogP contribution in [0.1, 0.15) is 61.0 Å². The first-order valence-electron chi connectivity index (χ1n) is 13.3. The lowest BCUT2D eigenvalue weighted by Gasteiger charge is -2.12. The Morgan fingerprint density at radius 1 is 0.652 bits per heavy atom. The summed E-state index contributed by atoms with van der Waals surface area (Å²) in [5, 5.41) is 8.73. The number of carbonyl (C=O) groups is 2. The molecule has 0 aliphatic carbocycles. The van der Waals surface area contributed by atoms with E-state index in [0.29, 0.717) is 11.1 Å². The zero-order valence-corrected chi connectivity index (χ0v) is 26.0. The van der Waals surface area contributed by atoms with Crippen LogP contribution < -0.4 is 9.47 Å². The summed E-state index contributed by atoms with van der Waals surface area (Å²) in [7, 11) is 0. The minimum absolute atomic E-state index is 0.00690. The van der Waals surface area contributed by atoms with Gasteiger partial charge in [-0.05, 0) is 98.1 Å². The molecule has 0 aromatic heterocycles. The topological polar surface area (TPSA) is 72.8 Å². The fourth-order valence-corrected chi connectivity index (χ4v) is 4.60. The van der Waals surface area contributed by atoms with E-state index in [9.17, 15) is 35.9 Å². The molecule has 0 saturated heterocycles. The summed E-state index contributed by atoms with van der Waals surface area (Å²) in [5.74, 6) is -0.881. The minimum Gasteiger partial charge on any atom is -0.487 e. The van der Waals surface area contributed by atoms with Gasteiger partial charge in [-0.2, -0.15) is 26.3 Å². The summed E-state index contributed by atoms with van der Waals surface area (Å²) >= 11 is 11.6. The number of aromatic carboxylic acids is 1. The first kappa shape index (κ1) is 36.3. The van der Waals surface area contributed by atoms with Crippen molar-refractivity contribution in [2.75, 3.05) is 0 Å². The molecule has 4 rings (SSSR count). The standard InChI is InChI=1S/C17H14ClF3O2.C16H12ClF3O3/c1-10-5-12(7-13(6-10)11(2)22)9-23-16-4-3-14(8-15(16)18)17(19,20)21;1-9-4-10(6-11(5-9)15(21)22)8-23-14-3-2-12(7-13(14)17)16(18,19)20/h3-8H,9H2,1-2H3;2-7H,8H2,1H3,(H,21,22). The number of carboxylic acid groups (broad SMARTS) is 1. The van der Waals surface area contributed by atoms with Gasteiger partial charge < -0.3 is 14.6 Å². The predicted octanol–water partition coefficient (Wildman–Crippen LogP) is 10.4. The quantitative estimate of drug-likeness (QED) is 0.147. The Hall–Kier alpha value is -4.22. The smallest absolute Gasteiger partial charge is 0.416 e. The van der Waals surface area contributed by atoms with Crippen LogP contribution in [-0.4, -0.2) is 16.9 Å². The minimum atomic E-state index is -4.48. The van der Waals surface area contributed by atoms with Crippen molar-refractivity contribution in [3.63, 3.8) is 0 Å². The van der Waals surface area contributed by atoms with Crippen molar-refractivity contribution in [1.82, 2.24) is 0 Å². The molecule has 0 radical (unpaired) electrons. The van der Waals surface area contributed by atoms with Crippen LogP contribution in [0.3, 0.4) is 0 Å². The van der Waals surface area contributed by atoms with Crippen molar-refractivity contribution in [3.8, 4) is 11.5 Å². The van der Waals surface area contributed by atoms with E-state index >= 15 is 0 Å². The lowest BCUT2D eigenvalue weighted by atomic mass is 10.0. The molecule has 1 N–H and O–H groups in total. The zero-order chi connectivity index (χ0) is 34.4. The van der Waals surface area contributed by atoms with Crippen molar-refractivity contribution in [3.05, 3.63) is 127 Å². The van der Waals surface area contributed by atoms with Gasteiger partial charge in [0.05, 0.1) is 26.7 Å². The van der Waals surface area contributed by atoms with Crippen LogP contribution in [0.25, 0.3) is 0 Å². The number of carbonyl (C=O) groups excluding carboxylic acids is 1. The molecule has 46 heavy (non-hydrogen) atoms. The van der Waals surface area contributed by atoms with Crippen LogP contribution in [-0.2, 0) is 25.6 Å². The Bertz CT molecular complexity index is 1610. The summed E-state index contributed by atoms with van der Waals surface area (Å²) in [6.45, 7) is 5.15. The Labute approximate surface area is 270 Å². The van der Waals surface area contributed by atoms with Crippen molar-refractivity contribution in [2.45, 2.75) is 46.3 Å². The summed E-state index contributed by atoms with van der Waals surface area (Å²) < 4.78 is 86.3. The number of hydrogen-bond acceptors (Lipinski definition) is 4. The number of Topliss-reactive ketones (excluding diaryl/α,β-unsaturated/α-hetero) is 1. The highest BCUT2D eigenvalue weighted by Crippen LogP contribution is 2.36. The number of benzene rings is 4. The number of ether oxygens (including phenoxy) is 2. The maximum Gasteiger partial charge on any atom is 0.416 e. The average molecular weight is 687 g/mol. The fourth-order valence-electron chi connectivity index (χ4n) is 4.13. The molecule has 0 heterocycles. The molecular formula is C33H26Cl2F6O5. The van der Waals surface area contributed by atoms with Crippen molar-refractivity contribution >= 4 is 35.0 Å². The molecule has 4 aromatic rings. The van der Waals surface area contributed by atoms with Crippen molar-refractivity contribution < 1.29 is 50.5 Å². The van der Waals surface area contributed by atoms with Crippen molar-refractivity contribution in [1.29, 1.82) is 0 Å². The molecule has 13 heteroatoms. The molecule has 0 saturated carbocycles. The number of ketones is 1. The van der Waals surface area contributed by atoms with E-state index in [1.54, 1.807) is 25.1 Å². The second-order valence-corrected chi connectivity index (χ2v) is 11.0. The number of aryl methyl sites for hydroxylation is 2. The monoisotopic (exact) mass is 686 g/mol. The molecule has 244 valence electrons. The molecule has 0 bridgehead atoms. The summed E-state index contributed by atoms with van der Waals surface area (Å²) in [6, 6.07) is 15.7. The lowest BCUT2D eigenvalue weighted by Crippen LogP contribution is -2.05. The Kier molecular flexibility index (Phi) is 11.8. The van der Waals surface area contributed by atoms with E-state index in [-0.39, 0.29) is 46.1 Å². The molecule has 0 unspecified atom stereocenters. The van der Waals surface area contributed by atoms with Gasteiger partial charge in [0.2, 0.25) is 0 Å². The van der Waals surface area contributed by atoms with Gasteiger partial charge >= 0.3 is 18.3 Å². The fraction of sp³-hybridized carbons (Fsp3) is 0.212. The maximum atomic E-state index is 12.6. The highest BCUT2D eigenvalue weighted by Gasteiger charge is 2.32. The molecule has 0 aliphatic rings. The van der Waals surface area contributed by atoms with Crippen LogP contribution >= 0.6 is 23.2 Å². The molecule has 0 spiro atoms. The van der Waals surface area contributed by atoms with Gasteiger partial charge in [0.1, 0.15) is 24.7 Å². The van der Waals surface area contributed by atoms with Crippen molar-refractivity contribution in [2.24, 2.45) is 0 Å². The van der Waals surface area contributed by atoms with Gasteiger partial charge in [0.15, 0.2) is 5.78 Å². The number of carboxylic acids is 1. The maximum absolute atomic E-state index is 12.6. The number of alkyl halides is 6. The van der Waals surface area contributed by atoms with E-state index in [2.05, 4.69) is 0 Å². The highest BCUT2D eigenvalue weighted by atomic mass is 35.5. The second-order valence-electron chi connectivity index (χ2n) is 10.1. The molecule has 0 amide bonds. The third-order valence-electron chi connectivity index (χ3n) is 6.23. The summed E-state index contributed by atoms with van der Waals surface area (Å²) in [5.41, 5.74) is 1.94. The molecule has 0 fully saturated rings. The highest BCUT2D eigenvalue weighted by molar-refractivity contribution is 6.32. The normalized spacial score (nSPS) is 11.4. The van der Waals surface area contributed by atoms with Gasteiger partial charge in [-0.3, -0.25) is 4.79 Å². The van der Waals surface area contributed by atoms with Gasteiger partial charge in [-0.15, -0.1) is 0 Å². The Morgan fingerprint density at radius 2 is 1.04 bits per heavy atom. The molecule has 4 aromatic carbocycles. The third-order valence-corrected chi connectivity index (χ3v) is 6.83. The van der Waals surface area contributed by atoms with Gasteiger partial charge in [0, 0.05) is 5.56 Å². The van der Waals surface area contributed by atoms with Crippen LogP contribution in [0.5, 0.6) is 11.5 Å². The lowest BCUT2D eigenvalue weighted by molar-refractivity contribution is -0.138. The van der Waals surface area contributed by atoms with Crippen LogP contribution in [0.15, 0.2) is 72.8 Å². The largest absolute Gasteiger partial charge is 0.487 e. The summed E-state index contributed by atoms with van der Waals surface area (Å²) in [6.07, 6.45) is -8.93. The number of halogens is 8. The van der Waals surface area contributed by atoms with E-state index in [1.165, 1.54) is 25.1 Å².